The third-order valence-corrected chi connectivity index (χ3v) is 6.41. The quantitative estimate of drug-likeness (QED) is 0.496. The van der Waals surface area contributed by atoms with E-state index in [0.29, 0.717) is 31.2 Å². The number of benzene rings is 2. The van der Waals surface area contributed by atoms with E-state index in [0.717, 1.165) is 18.4 Å². The molecular weight excluding hydrogens is 467 g/mol. The number of rotatable bonds is 8. The molecule has 0 spiro atoms. The van der Waals surface area contributed by atoms with Gasteiger partial charge in [-0.1, -0.05) is 12.1 Å². The van der Waals surface area contributed by atoms with E-state index in [2.05, 4.69) is 15.3 Å². The SMILES string of the molecule is COc1cccc(CNC(=O)c2nc3ccc(F)c(OCCC4CCN(C(C)=O)CC4)c3c(=O)[nH]2)c1. The fraction of sp³-hybridized carbons (Fsp3) is 0.385. The Kier molecular flexibility index (Phi) is 7.82. The highest BCUT2D eigenvalue weighted by atomic mass is 19.1. The molecule has 0 saturated carbocycles. The number of amides is 2. The predicted octanol–water partition coefficient (Wildman–Crippen LogP) is 3.03. The Bertz CT molecular complexity index is 1320. The van der Waals surface area contributed by atoms with E-state index in [9.17, 15) is 18.8 Å². The highest BCUT2D eigenvalue weighted by Crippen LogP contribution is 2.27. The summed E-state index contributed by atoms with van der Waals surface area (Å²) >= 11 is 0. The lowest BCUT2D eigenvalue weighted by atomic mass is 9.94. The molecule has 0 unspecified atom stereocenters. The number of carbonyl (C=O) groups excluding carboxylic acids is 2. The first-order valence-electron chi connectivity index (χ1n) is 11.9. The average Bonchev–Trinajstić information content (AvgIpc) is 2.88. The number of halogens is 1. The summed E-state index contributed by atoms with van der Waals surface area (Å²) in [4.78, 5) is 45.4. The van der Waals surface area contributed by atoms with Gasteiger partial charge < -0.3 is 24.7 Å². The Morgan fingerprint density at radius 2 is 2.00 bits per heavy atom. The molecule has 1 aromatic heterocycles. The van der Waals surface area contributed by atoms with Crippen molar-refractivity contribution >= 4 is 22.7 Å². The molecule has 0 bridgehead atoms. The second kappa shape index (κ2) is 11.2. The van der Waals surface area contributed by atoms with Crippen molar-refractivity contribution in [3.63, 3.8) is 0 Å². The standard InChI is InChI=1S/C26H29FN4O5/c1-16(32)31-11-8-17(9-12-31)10-13-36-23-20(27)6-7-21-22(23)25(33)30-24(29-21)26(34)28-15-18-4-3-5-19(14-18)35-2/h3-7,14,17H,8-13,15H2,1-2H3,(H,28,34)(H,29,30,33). The molecule has 36 heavy (non-hydrogen) atoms. The van der Waals surface area contributed by atoms with Gasteiger partial charge in [-0.3, -0.25) is 14.4 Å². The van der Waals surface area contributed by atoms with Crippen LogP contribution in [-0.2, 0) is 11.3 Å². The van der Waals surface area contributed by atoms with Crippen LogP contribution in [0.4, 0.5) is 4.39 Å². The summed E-state index contributed by atoms with van der Waals surface area (Å²) in [6.07, 6.45) is 2.40. The molecule has 1 aliphatic rings. The van der Waals surface area contributed by atoms with Crippen molar-refractivity contribution in [2.24, 2.45) is 5.92 Å². The number of likely N-dealkylation sites (tertiary alicyclic amines) is 1. The Morgan fingerprint density at radius 1 is 1.22 bits per heavy atom. The number of hydrogen-bond donors (Lipinski definition) is 2. The van der Waals surface area contributed by atoms with Gasteiger partial charge in [0.05, 0.1) is 19.2 Å². The van der Waals surface area contributed by atoms with Gasteiger partial charge in [-0.2, -0.15) is 0 Å². The molecule has 4 rings (SSSR count). The van der Waals surface area contributed by atoms with Gasteiger partial charge in [0.1, 0.15) is 11.1 Å². The van der Waals surface area contributed by atoms with E-state index < -0.39 is 17.3 Å². The summed E-state index contributed by atoms with van der Waals surface area (Å²) < 4.78 is 25.5. The highest BCUT2D eigenvalue weighted by Gasteiger charge is 2.22. The first-order valence-corrected chi connectivity index (χ1v) is 11.9. The summed E-state index contributed by atoms with van der Waals surface area (Å²) in [5, 5.41) is 2.67. The van der Waals surface area contributed by atoms with Crippen molar-refractivity contribution in [1.29, 1.82) is 0 Å². The molecule has 1 aliphatic heterocycles. The van der Waals surface area contributed by atoms with Gasteiger partial charge in [-0.15, -0.1) is 0 Å². The van der Waals surface area contributed by atoms with Gasteiger partial charge in [0.25, 0.3) is 11.5 Å². The van der Waals surface area contributed by atoms with E-state index >= 15 is 0 Å². The van der Waals surface area contributed by atoms with Gasteiger partial charge in [-0.05, 0) is 55.0 Å². The minimum absolute atomic E-state index is 0.0363. The number of nitrogens with zero attached hydrogens (tertiary/aromatic N) is 2. The lowest BCUT2D eigenvalue weighted by Gasteiger charge is -2.31. The minimum Gasteiger partial charge on any atom is -0.497 e. The van der Waals surface area contributed by atoms with Crippen molar-refractivity contribution in [1.82, 2.24) is 20.2 Å². The second-order valence-electron chi connectivity index (χ2n) is 8.81. The van der Waals surface area contributed by atoms with E-state index in [1.54, 1.807) is 26.2 Å². The van der Waals surface area contributed by atoms with E-state index in [-0.39, 0.29) is 41.5 Å². The highest BCUT2D eigenvalue weighted by molar-refractivity contribution is 5.93. The molecule has 2 aromatic carbocycles. The smallest absolute Gasteiger partial charge is 0.287 e. The van der Waals surface area contributed by atoms with Crippen LogP contribution in [0.15, 0.2) is 41.2 Å². The van der Waals surface area contributed by atoms with Crippen LogP contribution in [0.5, 0.6) is 11.5 Å². The number of fused-ring (bicyclic) bond motifs is 1. The topological polar surface area (TPSA) is 114 Å². The van der Waals surface area contributed by atoms with Gasteiger partial charge in [0.15, 0.2) is 17.4 Å². The molecule has 1 fully saturated rings. The normalized spacial score (nSPS) is 14.0. The molecule has 2 amide bonds. The molecule has 3 aromatic rings. The van der Waals surface area contributed by atoms with Crippen molar-refractivity contribution in [3.8, 4) is 11.5 Å². The largest absolute Gasteiger partial charge is 0.497 e. The number of H-pyrrole nitrogens is 1. The summed E-state index contributed by atoms with van der Waals surface area (Å²) in [6, 6.07) is 9.75. The third kappa shape index (κ3) is 5.81. The zero-order valence-electron chi connectivity index (χ0n) is 20.3. The van der Waals surface area contributed by atoms with Gasteiger partial charge in [0.2, 0.25) is 5.91 Å². The Hall–Kier alpha value is -3.95. The number of nitrogens with one attached hydrogen (secondary N) is 2. The third-order valence-electron chi connectivity index (χ3n) is 6.41. The van der Waals surface area contributed by atoms with Crippen molar-refractivity contribution in [3.05, 3.63) is 64.0 Å². The lowest BCUT2D eigenvalue weighted by Crippen LogP contribution is -2.37. The molecule has 9 nitrogen and oxygen atoms in total. The van der Waals surface area contributed by atoms with Gasteiger partial charge in [0, 0.05) is 26.6 Å². The number of ether oxygens (including phenoxy) is 2. The van der Waals surface area contributed by atoms with Crippen LogP contribution >= 0.6 is 0 Å². The summed E-state index contributed by atoms with van der Waals surface area (Å²) in [5.41, 5.74) is 0.322. The van der Waals surface area contributed by atoms with Crippen LogP contribution < -0.4 is 20.3 Å². The van der Waals surface area contributed by atoms with E-state index in [1.165, 1.54) is 12.1 Å². The molecule has 2 heterocycles. The monoisotopic (exact) mass is 496 g/mol. The minimum atomic E-state index is -0.670. The molecule has 0 aliphatic carbocycles. The van der Waals surface area contributed by atoms with Crippen LogP contribution in [0.2, 0.25) is 0 Å². The van der Waals surface area contributed by atoms with Crippen LogP contribution in [0.3, 0.4) is 0 Å². The number of hydrogen-bond acceptors (Lipinski definition) is 6. The zero-order chi connectivity index (χ0) is 25.7. The molecular formula is C26H29FN4O5. The van der Waals surface area contributed by atoms with Crippen molar-refractivity contribution < 1.29 is 23.5 Å². The second-order valence-corrected chi connectivity index (χ2v) is 8.81. The maximum atomic E-state index is 14.6. The summed E-state index contributed by atoms with van der Waals surface area (Å²) in [5.74, 6) is -0.500. The predicted molar refractivity (Wildman–Crippen MR) is 132 cm³/mol. The van der Waals surface area contributed by atoms with Crippen molar-refractivity contribution in [2.45, 2.75) is 32.7 Å². The van der Waals surface area contributed by atoms with E-state index in [1.807, 2.05) is 17.0 Å². The zero-order valence-corrected chi connectivity index (χ0v) is 20.3. The molecule has 2 N–H and O–H groups in total. The summed E-state index contributed by atoms with van der Waals surface area (Å²) in [7, 11) is 1.56. The molecule has 1 saturated heterocycles. The number of methoxy groups -OCH3 is 1. The van der Waals surface area contributed by atoms with Gasteiger partial charge >= 0.3 is 0 Å². The molecule has 0 atom stereocenters. The number of aromatic amines is 1. The fourth-order valence-corrected chi connectivity index (χ4v) is 4.34. The van der Waals surface area contributed by atoms with Crippen molar-refractivity contribution in [2.75, 3.05) is 26.8 Å². The maximum Gasteiger partial charge on any atom is 0.287 e. The van der Waals surface area contributed by atoms with Crippen LogP contribution in [-0.4, -0.2) is 53.5 Å². The number of carbonyl (C=O) groups is 2. The first-order chi connectivity index (χ1) is 17.4. The molecule has 190 valence electrons. The van der Waals surface area contributed by atoms with Gasteiger partial charge in [-0.25, -0.2) is 9.37 Å². The van der Waals surface area contributed by atoms with Crippen LogP contribution in [0.25, 0.3) is 10.9 Å². The molecule has 10 heteroatoms. The van der Waals surface area contributed by atoms with E-state index in [4.69, 9.17) is 9.47 Å². The molecule has 0 radical (unpaired) electrons. The summed E-state index contributed by atoms with van der Waals surface area (Å²) in [6.45, 7) is 3.40. The Morgan fingerprint density at radius 3 is 2.72 bits per heavy atom. The fourth-order valence-electron chi connectivity index (χ4n) is 4.34. The maximum absolute atomic E-state index is 14.6. The number of aromatic nitrogens is 2. The van der Waals surface area contributed by atoms with Crippen LogP contribution in [0, 0.1) is 11.7 Å². The Labute approximate surface area is 207 Å². The number of piperidine rings is 1. The first kappa shape index (κ1) is 25.2. The lowest BCUT2D eigenvalue weighted by molar-refractivity contribution is -0.130. The Balaban J connectivity index is 1.43. The average molecular weight is 497 g/mol. The van der Waals surface area contributed by atoms with Crippen LogP contribution in [0.1, 0.15) is 42.4 Å².